The van der Waals surface area contributed by atoms with Crippen LogP contribution in [0.3, 0.4) is 0 Å². The van der Waals surface area contributed by atoms with Crippen LogP contribution in [-0.4, -0.2) is 11.1 Å². The van der Waals surface area contributed by atoms with Gasteiger partial charge in [-0.2, -0.15) is 0 Å². The number of rotatable bonds is 1. The van der Waals surface area contributed by atoms with Gasteiger partial charge in [0.05, 0.1) is 5.41 Å². The molecule has 2 nitrogen and oxygen atoms in total. The van der Waals surface area contributed by atoms with Gasteiger partial charge in [-0.3, -0.25) is 4.79 Å². The van der Waals surface area contributed by atoms with Crippen LogP contribution in [0.4, 0.5) is 0 Å². The summed E-state index contributed by atoms with van der Waals surface area (Å²) in [6, 6.07) is 12.6. The molecule has 0 saturated heterocycles. The van der Waals surface area contributed by atoms with Crippen molar-refractivity contribution in [2.24, 2.45) is 11.3 Å². The van der Waals surface area contributed by atoms with Crippen LogP contribution in [0.2, 0.25) is 0 Å². The maximum Gasteiger partial charge on any atom is 0.310 e. The number of carboxylic acid groups (broad SMARTS) is 1. The lowest BCUT2D eigenvalue weighted by Crippen LogP contribution is -2.14. The quantitative estimate of drug-likeness (QED) is 0.828. The minimum absolute atomic E-state index is 0.202. The second kappa shape index (κ2) is 2.94. The van der Waals surface area contributed by atoms with E-state index >= 15 is 0 Å². The van der Waals surface area contributed by atoms with E-state index in [1.165, 1.54) is 21.9 Å². The summed E-state index contributed by atoms with van der Waals surface area (Å²) in [6.45, 7) is 1.90. The molecule has 0 heterocycles. The van der Waals surface area contributed by atoms with E-state index in [1.807, 2.05) is 13.0 Å². The summed E-state index contributed by atoms with van der Waals surface area (Å²) >= 11 is 0. The Hall–Kier alpha value is -1.83. The van der Waals surface area contributed by atoms with Gasteiger partial charge in [0, 0.05) is 5.92 Å². The molecule has 2 aromatic rings. The zero-order chi connectivity index (χ0) is 12.5. The minimum Gasteiger partial charge on any atom is -0.481 e. The molecule has 0 amide bonds. The lowest BCUT2D eigenvalue weighted by atomic mass is 9.89. The van der Waals surface area contributed by atoms with E-state index in [0.717, 1.165) is 6.42 Å². The zero-order valence-corrected chi connectivity index (χ0v) is 10.2. The predicted molar refractivity (Wildman–Crippen MR) is 69.6 cm³/mol. The molecule has 1 saturated carbocycles. The van der Waals surface area contributed by atoms with Crippen molar-refractivity contribution >= 4 is 16.7 Å². The van der Waals surface area contributed by atoms with Crippen LogP contribution in [0.1, 0.15) is 24.0 Å². The highest BCUT2D eigenvalue weighted by atomic mass is 16.4. The first-order valence-electron chi connectivity index (χ1n) is 6.38. The highest BCUT2D eigenvalue weighted by Gasteiger charge is 2.68. The first-order chi connectivity index (χ1) is 8.64. The topological polar surface area (TPSA) is 37.3 Å². The van der Waals surface area contributed by atoms with Crippen molar-refractivity contribution in [1.82, 2.24) is 0 Å². The maximum atomic E-state index is 11.5. The fourth-order valence-corrected chi connectivity index (χ4v) is 3.88. The SMILES string of the molecule is C[C@]1(C(=O)O)[C@H]2Cc3cccc4cccc(c34)[C@@H]21. The van der Waals surface area contributed by atoms with Crippen LogP contribution < -0.4 is 0 Å². The van der Waals surface area contributed by atoms with Crippen molar-refractivity contribution in [3.8, 4) is 0 Å². The largest absolute Gasteiger partial charge is 0.481 e. The molecular formula is C16H14O2. The Balaban J connectivity index is 2.01. The number of aliphatic carboxylic acids is 1. The molecule has 0 bridgehead atoms. The molecule has 3 atom stereocenters. The lowest BCUT2D eigenvalue weighted by Gasteiger charge is -2.15. The summed E-state index contributed by atoms with van der Waals surface area (Å²) in [4.78, 5) is 11.5. The molecule has 1 N–H and O–H groups in total. The van der Waals surface area contributed by atoms with E-state index in [1.54, 1.807) is 0 Å². The van der Waals surface area contributed by atoms with E-state index in [2.05, 4.69) is 30.3 Å². The van der Waals surface area contributed by atoms with Crippen molar-refractivity contribution in [3.63, 3.8) is 0 Å². The molecule has 0 spiro atoms. The minimum atomic E-state index is -0.651. The summed E-state index contributed by atoms with van der Waals surface area (Å²) in [5.41, 5.74) is 1.99. The van der Waals surface area contributed by atoms with Crippen molar-refractivity contribution < 1.29 is 9.90 Å². The number of benzene rings is 2. The van der Waals surface area contributed by atoms with E-state index < -0.39 is 11.4 Å². The van der Waals surface area contributed by atoms with Crippen LogP contribution in [0.15, 0.2) is 36.4 Å². The second-order valence-electron chi connectivity index (χ2n) is 5.74. The Morgan fingerprint density at radius 1 is 1.28 bits per heavy atom. The predicted octanol–water partition coefficient (Wildman–Crippen LogP) is 3.20. The Labute approximate surface area is 105 Å². The Morgan fingerprint density at radius 2 is 2.00 bits per heavy atom. The van der Waals surface area contributed by atoms with Crippen molar-refractivity contribution in [2.75, 3.05) is 0 Å². The first kappa shape index (κ1) is 10.1. The number of carboxylic acids is 1. The monoisotopic (exact) mass is 238 g/mol. The maximum absolute atomic E-state index is 11.5. The van der Waals surface area contributed by atoms with Crippen LogP contribution in [-0.2, 0) is 11.2 Å². The van der Waals surface area contributed by atoms with Crippen LogP contribution >= 0.6 is 0 Å². The van der Waals surface area contributed by atoms with Gasteiger partial charge in [-0.05, 0) is 41.2 Å². The van der Waals surface area contributed by atoms with Crippen molar-refractivity contribution in [3.05, 3.63) is 47.5 Å². The Kier molecular flexibility index (Phi) is 1.66. The third kappa shape index (κ3) is 0.976. The zero-order valence-electron chi connectivity index (χ0n) is 10.2. The molecule has 18 heavy (non-hydrogen) atoms. The molecule has 0 unspecified atom stereocenters. The number of hydrogen-bond donors (Lipinski definition) is 1. The lowest BCUT2D eigenvalue weighted by molar-refractivity contribution is -0.143. The van der Waals surface area contributed by atoms with Gasteiger partial charge in [0.1, 0.15) is 0 Å². The average molecular weight is 238 g/mol. The standard InChI is InChI=1S/C16H14O2/c1-16(15(17)18)12-8-10-6-2-4-9-5-3-7-11(13(9)10)14(12)16/h2-7,12,14H,8H2,1H3,(H,17,18)/t12-,14-,16-/m0/s1. The summed E-state index contributed by atoms with van der Waals surface area (Å²) in [5, 5.41) is 12.0. The third-order valence-corrected chi connectivity index (χ3v) is 4.97. The number of carbonyl (C=O) groups is 1. The van der Waals surface area contributed by atoms with Crippen LogP contribution in [0, 0.1) is 11.3 Å². The fourth-order valence-electron chi connectivity index (χ4n) is 3.88. The summed E-state index contributed by atoms with van der Waals surface area (Å²) in [7, 11) is 0. The van der Waals surface area contributed by atoms with Gasteiger partial charge in [0.15, 0.2) is 0 Å². The normalized spacial score (nSPS) is 32.1. The van der Waals surface area contributed by atoms with Gasteiger partial charge in [-0.1, -0.05) is 36.4 Å². The highest BCUT2D eigenvalue weighted by Crippen LogP contribution is 2.69. The fraction of sp³-hybridized carbons (Fsp3) is 0.312. The van der Waals surface area contributed by atoms with Crippen LogP contribution in [0.25, 0.3) is 10.8 Å². The summed E-state index contributed by atoms with van der Waals surface area (Å²) in [6.07, 6.45) is 0.905. The van der Waals surface area contributed by atoms with Crippen molar-refractivity contribution in [1.29, 1.82) is 0 Å². The van der Waals surface area contributed by atoms with E-state index in [9.17, 15) is 9.90 Å². The number of fused-ring (bicyclic) bond motifs is 2. The van der Waals surface area contributed by atoms with E-state index in [-0.39, 0.29) is 11.8 Å². The Morgan fingerprint density at radius 3 is 2.72 bits per heavy atom. The average Bonchev–Trinajstić information content (AvgIpc) is 2.98. The molecule has 90 valence electrons. The number of hydrogen-bond acceptors (Lipinski definition) is 1. The molecule has 0 radical (unpaired) electrons. The third-order valence-electron chi connectivity index (χ3n) is 4.97. The first-order valence-corrected chi connectivity index (χ1v) is 6.38. The second-order valence-corrected chi connectivity index (χ2v) is 5.74. The van der Waals surface area contributed by atoms with Gasteiger partial charge in [-0.15, -0.1) is 0 Å². The van der Waals surface area contributed by atoms with E-state index in [4.69, 9.17) is 0 Å². The molecule has 0 aromatic heterocycles. The molecule has 4 rings (SSSR count). The molecular weight excluding hydrogens is 224 g/mol. The van der Waals surface area contributed by atoms with Gasteiger partial charge < -0.3 is 5.11 Å². The van der Waals surface area contributed by atoms with Gasteiger partial charge in [0.2, 0.25) is 0 Å². The molecule has 0 aliphatic heterocycles. The van der Waals surface area contributed by atoms with Crippen LogP contribution in [0.5, 0.6) is 0 Å². The van der Waals surface area contributed by atoms with Crippen molar-refractivity contribution in [2.45, 2.75) is 19.3 Å². The molecule has 2 aliphatic carbocycles. The smallest absolute Gasteiger partial charge is 0.310 e. The molecule has 1 fully saturated rings. The van der Waals surface area contributed by atoms with Gasteiger partial charge in [0.25, 0.3) is 0 Å². The molecule has 2 aromatic carbocycles. The van der Waals surface area contributed by atoms with E-state index in [0.29, 0.717) is 0 Å². The summed E-state index contributed by atoms with van der Waals surface area (Å²) in [5.74, 6) is -0.175. The van der Waals surface area contributed by atoms with Gasteiger partial charge in [-0.25, -0.2) is 0 Å². The molecule has 2 aliphatic rings. The molecule has 2 heteroatoms. The Bertz CT molecular complexity index is 683. The van der Waals surface area contributed by atoms with Gasteiger partial charge >= 0.3 is 5.97 Å². The summed E-state index contributed by atoms with van der Waals surface area (Å²) < 4.78 is 0. The highest BCUT2D eigenvalue weighted by molar-refractivity contribution is 5.94.